The average Bonchev–Trinajstić information content (AvgIpc) is 3.66. The fourth-order valence-corrected chi connectivity index (χ4v) is 6.16. The highest BCUT2D eigenvalue weighted by Gasteiger charge is 2.49. The first kappa shape index (κ1) is 30.6. The minimum Gasteiger partial charge on any atom is -0.507 e. The number of aromatic nitrogens is 1. The van der Waals surface area contributed by atoms with Crippen molar-refractivity contribution in [2.24, 2.45) is 0 Å². The summed E-state index contributed by atoms with van der Waals surface area (Å²) in [4.78, 5) is 46.0. The van der Waals surface area contributed by atoms with E-state index in [4.69, 9.17) is 18.9 Å². The van der Waals surface area contributed by atoms with Gasteiger partial charge >= 0.3 is 11.9 Å². The number of Topliss-reactive ketones (excluding diaryl/α,β-unsaturated/α-hetero) is 1. The molecule has 0 bridgehead atoms. The number of anilines is 1. The van der Waals surface area contributed by atoms with Crippen LogP contribution in [0.5, 0.6) is 17.2 Å². The molecule has 5 rings (SSSR count). The lowest BCUT2D eigenvalue weighted by Gasteiger charge is -2.24. The summed E-state index contributed by atoms with van der Waals surface area (Å²) in [5, 5.41) is 11.8. The van der Waals surface area contributed by atoms with E-state index in [-0.39, 0.29) is 40.7 Å². The number of ether oxygens (including phenoxy) is 4. The number of esters is 1. The Hall–Kier alpha value is -4.90. The van der Waals surface area contributed by atoms with Gasteiger partial charge in [0.25, 0.3) is 5.78 Å². The van der Waals surface area contributed by atoms with Gasteiger partial charge < -0.3 is 24.1 Å². The van der Waals surface area contributed by atoms with Crippen LogP contribution in [-0.2, 0) is 20.7 Å². The Balaban J connectivity index is 1.68. The molecule has 0 saturated carbocycles. The van der Waals surface area contributed by atoms with E-state index < -0.39 is 23.7 Å². The number of aliphatic hydroxyl groups is 1. The fourth-order valence-electron chi connectivity index (χ4n) is 5.18. The van der Waals surface area contributed by atoms with Gasteiger partial charge in [-0.2, -0.15) is 0 Å². The van der Waals surface area contributed by atoms with Gasteiger partial charge in [0.1, 0.15) is 35.7 Å². The molecule has 2 atom stereocenters. The van der Waals surface area contributed by atoms with Gasteiger partial charge in [-0.05, 0) is 62.2 Å². The molecule has 1 aromatic heterocycles. The number of nitrogens with zero attached hydrogens (tertiary/aromatic N) is 2. The highest BCUT2D eigenvalue weighted by Crippen LogP contribution is 2.46. The van der Waals surface area contributed by atoms with Crippen LogP contribution in [0, 0.1) is 6.92 Å². The average molecular weight is 617 g/mol. The van der Waals surface area contributed by atoms with Crippen molar-refractivity contribution in [2.45, 2.75) is 39.3 Å². The Morgan fingerprint density at radius 2 is 1.91 bits per heavy atom. The highest BCUT2D eigenvalue weighted by atomic mass is 32.1. The lowest BCUT2D eigenvalue weighted by Crippen LogP contribution is -2.29. The van der Waals surface area contributed by atoms with E-state index in [0.717, 1.165) is 16.9 Å². The minimum absolute atomic E-state index is 0.00109. The maximum absolute atomic E-state index is 13.7. The van der Waals surface area contributed by atoms with Crippen LogP contribution in [-0.4, -0.2) is 53.7 Å². The zero-order valence-corrected chi connectivity index (χ0v) is 25.4. The molecule has 11 heteroatoms. The fraction of sp³-hybridized carbons (Fsp3) is 0.273. The maximum Gasteiger partial charge on any atom is 0.350 e. The number of rotatable bonds is 11. The zero-order chi connectivity index (χ0) is 31.5. The van der Waals surface area contributed by atoms with Gasteiger partial charge in [-0.25, -0.2) is 9.78 Å². The molecule has 1 N–H and O–H groups in total. The largest absolute Gasteiger partial charge is 0.507 e. The van der Waals surface area contributed by atoms with Gasteiger partial charge in [0.2, 0.25) is 0 Å². The SMILES string of the molecule is C=CCOC(=O)c1sc(N2C(=O)C(=O)/C(=C(/O)c3ccc4c(c3)CC(C)O4)C2c2ccc(OCC=C)c(OCC)c2)nc1C. The molecule has 10 nitrogen and oxygen atoms in total. The first-order chi connectivity index (χ1) is 21.2. The van der Waals surface area contributed by atoms with Gasteiger partial charge in [0, 0.05) is 12.0 Å². The third-order valence-corrected chi connectivity index (χ3v) is 8.20. The number of benzene rings is 2. The smallest absolute Gasteiger partial charge is 0.350 e. The number of ketones is 1. The Kier molecular flexibility index (Phi) is 8.86. The van der Waals surface area contributed by atoms with Crippen molar-refractivity contribution < 1.29 is 38.4 Å². The summed E-state index contributed by atoms with van der Waals surface area (Å²) < 4.78 is 22.6. The molecule has 2 aliphatic rings. The van der Waals surface area contributed by atoms with Crippen LogP contribution >= 0.6 is 11.3 Å². The summed E-state index contributed by atoms with van der Waals surface area (Å²) in [6.07, 6.45) is 3.66. The van der Waals surface area contributed by atoms with E-state index in [1.165, 1.54) is 11.0 Å². The Morgan fingerprint density at radius 3 is 2.64 bits per heavy atom. The molecule has 2 aliphatic heterocycles. The Bertz CT molecular complexity index is 1690. The van der Waals surface area contributed by atoms with Gasteiger partial charge in [0.05, 0.1) is 23.9 Å². The quantitative estimate of drug-likeness (QED) is 0.0949. The molecule has 2 unspecified atom stereocenters. The van der Waals surface area contributed by atoms with Gasteiger partial charge in [0.15, 0.2) is 16.6 Å². The van der Waals surface area contributed by atoms with Gasteiger partial charge in [-0.1, -0.05) is 42.7 Å². The predicted molar refractivity (Wildman–Crippen MR) is 166 cm³/mol. The Morgan fingerprint density at radius 1 is 1.14 bits per heavy atom. The minimum atomic E-state index is -1.10. The molecule has 1 amide bonds. The first-order valence-electron chi connectivity index (χ1n) is 14.0. The molecular weight excluding hydrogens is 584 g/mol. The molecule has 44 heavy (non-hydrogen) atoms. The molecule has 2 aromatic carbocycles. The Labute approximate surface area is 258 Å². The van der Waals surface area contributed by atoms with E-state index in [1.54, 1.807) is 49.4 Å². The van der Waals surface area contributed by atoms with Crippen LogP contribution in [0.1, 0.15) is 51.9 Å². The van der Waals surface area contributed by atoms with Crippen molar-refractivity contribution in [1.82, 2.24) is 4.98 Å². The van der Waals surface area contributed by atoms with Crippen molar-refractivity contribution in [3.63, 3.8) is 0 Å². The normalized spacial score (nSPS) is 18.5. The van der Waals surface area contributed by atoms with Gasteiger partial charge in [-0.3, -0.25) is 14.5 Å². The number of hydrogen-bond acceptors (Lipinski definition) is 10. The monoisotopic (exact) mass is 616 g/mol. The number of amides is 1. The van der Waals surface area contributed by atoms with E-state index in [9.17, 15) is 19.5 Å². The van der Waals surface area contributed by atoms with E-state index in [0.29, 0.717) is 47.1 Å². The standard InChI is InChI=1S/C33H32N2O8S/c1-6-13-41-24-12-9-20(17-25(24)40-8-3)27-26(28(36)21-10-11-23-22(16-21)15-18(4)43-23)29(37)31(38)35(27)33-34-19(5)30(44-33)32(39)42-14-7-2/h6-7,9-12,16-18,27,36H,1-2,8,13-15H2,3-5H3/b28-26+. The summed E-state index contributed by atoms with van der Waals surface area (Å²) in [6.45, 7) is 13.2. The summed E-state index contributed by atoms with van der Waals surface area (Å²) in [5.41, 5.74) is 1.91. The van der Waals surface area contributed by atoms with E-state index >= 15 is 0 Å². The molecule has 0 radical (unpaired) electrons. The first-order valence-corrected chi connectivity index (χ1v) is 14.9. The van der Waals surface area contributed by atoms with Gasteiger partial charge in [-0.15, -0.1) is 0 Å². The molecular formula is C33H32N2O8S. The lowest BCUT2D eigenvalue weighted by molar-refractivity contribution is -0.132. The van der Waals surface area contributed by atoms with E-state index in [2.05, 4.69) is 18.1 Å². The molecule has 3 aromatic rings. The van der Waals surface area contributed by atoms with Crippen LogP contribution in [0.3, 0.4) is 0 Å². The van der Waals surface area contributed by atoms with E-state index in [1.807, 2.05) is 13.8 Å². The summed E-state index contributed by atoms with van der Waals surface area (Å²) in [5.74, 6) is -1.25. The summed E-state index contributed by atoms with van der Waals surface area (Å²) >= 11 is 0.919. The summed E-state index contributed by atoms with van der Waals surface area (Å²) in [6, 6.07) is 9.07. The molecule has 0 spiro atoms. The second-order valence-corrected chi connectivity index (χ2v) is 11.1. The second kappa shape index (κ2) is 12.8. The van der Waals surface area contributed by atoms with Crippen LogP contribution in [0.15, 0.2) is 67.3 Å². The highest BCUT2D eigenvalue weighted by molar-refractivity contribution is 7.17. The molecule has 0 aliphatic carbocycles. The number of thiazole rings is 1. The van der Waals surface area contributed by atoms with Crippen molar-refractivity contribution >= 4 is 39.9 Å². The number of carbonyl (C=O) groups is 3. The number of aliphatic hydroxyl groups excluding tert-OH is 1. The summed E-state index contributed by atoms with van der Waals surface area (Å²) in [7, 11) is 0. The molecule has 3 heterocycles. The van der Waals surface area contributed by atoms with Crippen LogP contribution in [0.4, 0.5) is 5.13 Å². The third-order valence-electron chi connectivity index (χ3n) is 7.06. The number of hydrogen-bond donors (Lipinski definition) is 1. The van der Waals surface area contributed by atoms with Crippen LogP contribution in [0.2, 0.25) is 0 Å². The van der Waals surface area contributed by atoms with Crippen molar-refractivity contribution in [2.75, 3.05) is 24.7 Å². The zero-order valence-electron chi connectivity index (χ0n) is 24.6. The van der Waals surface area contributed by atoms with Crippen molar-refractivity contribution in [3.05, 3.63) is 94.5 Å². The maximum atomic E-state index is 13.7. The van der Waals surface area contributed by atoms with Crippen LogP contribution in [0.25, 0.3) is 5.76 Å². The third kappa shape index (κ3) is 5.70. The van der Waals surface area contributed by atoms with Crippen molar-refractivity contribution in [3.8, 4) is 17.2 Å². The van der Waals surface area contributed by atoms with Crippen molar-refractivity contribution in [1.29, 1.82) is 0 Å². The number of aryl methyl sites for hydroxylation is 1. The van der Waals surface area contributed by atoms with Crippen LogP contribution < -0.4 is 19.1 Å². The number of carbonyl (C=O) groups excluding carboxylic acids is 3. The lowest BCUT2D eigenvalue weighted by atomic mass is 9.94. The topological polar surface area (TPSA) is 124 Å². The number of fused-ring (bicyclic) bond motifs is 1. The molecule has 1 fully saturated rings. The second-order valence-electron chi connectivity index (χ2n) is 10.2. The molecule has 228 valence electrons. The predicted octanol–water partition coefficient (Wildman–Crippen LogP) is 5.71. The molecule has 1 saturated heterocycles.